The third kappa shape index (κ3) is 4.61. The first-order valence-electron chi connectivity index (χ1n) is 5.97. The fraction of sp³-hybridized carbons (Fsp3) is 0.615. The van der Waals surface area contributed by atoms with Crippen molar-refractivity contribution in [1.29, 1.82) is 0 Å². The van der Waals surface area contributed by atoms with Crippen LogP contribution in [-0.2, 0) is 14.9 Å². The van der Waals surface area contributed by atoms with E-state index in [0.717, 1.165) is 19.5 Å². The molecule has 0 aliphatic heterocycles. The van der Waals surface area contributed by atoms with E-state index in [0.29, 0.717) is 6.42 Å². The summed E-state index contributed by atoms with van der Waals surface area (Å²) in [5, 5.41) is 3.37. The average Bonchev–Trinajstić information content (AvgIpc) is 2.82. The number of aromatic amines is 1. The molecule has 0 unspecified atom stereocenters. The van der Waals surface area contributed by atoms with Crippen molar-refractivity contribution >= 4 is 5.97 Å². The van der Waals surface area contributed by atoms with Gasteiger partial charge in [-0.05, 0) is 24.6 Å². The van der Waals surface area contributed by atoms with E-state index in [-0.39, 0.29) is 11.4 Å². The van der Waals surface area contributed by atoms with Gasteiger partial charge in [-0.25, -0.2) is 0 Å². The lowest BCUT2D eigenvalue weighted by atomic mass is 9.86. The van der Waals surface area contributed by atoms with E-state index in [1.165, 1.54) is 12.7 Å². The van der Waals surface area contributed by atoms with Gasteiger partial charge in [-0.15, -0.1) is 0 Å². The van der Waals surface area contributed by atoms with E-state index < -0.39 is 0 Å². The van der Waals surface area contributed by atoms with Crippen LogP contribution in [0.2, 0.25) is 0 Å². The summed E-state index contributed by atoms with van der Waals surface area (Å²) in [6.45, 7) is 6.13. The number of carbonyl (C=O) groups is 1. The Bertz CT molecular complexity index is 331. The lowest BCUT2D eigenvalue weighted by Gasteiger charge is -2.24. The maximum absolute atomic E-state index is 10.9. The van der Waals surface area contributed by atoms with Crippen LogP contribution in [0.4, 0.5) is 0 Å². The van der Waals surface area contributed by atoms with E-state index >= 15 is 0 Å². The molecule has 0 aliphatic carbocycles. The molecular weight excluding hydrogens is 216 g/mol. The molecule has 0 aromatic carbocycles. The minimum atomic E-state index is -0.142. The van der Waals surface area contributed by atoms with Crippen LogP contribution in [-0.4, -0.2) is 31.2 Å². The Kier molecular flexibility index (Phi) is 5.22. The third-order valence-electron chi connectivity index (χ3n) is 2.91. The summed E-state index contributed by atoms with van der Waals surface area (Å²) in [5.74, 6) is -0.142. The van der Waals surface area contributed by atoms with E-state index in [4.69, 9.17) is 0 Å². The summed E-state index contributed by atoms with van der Waals surface area (Å²) in [6, 6.07) is 2.09. The topological polar surface area (TPSA) is 54.1 Å². The fourth-order valence-corrected chi connectivity index (χ4v) is 1.71. The van der Waals surface area contributed by atoms with Crippen LogP contribution in [0.3, 0.4) is 0 Å². The highest BCUT2D eigenvalue weighted by Crippen LogP contribution is 2.21. The predicted octanol–water partition coefficient (Wildman–Crippen LogP) is 1.84. The molecule has 17 heavy (non-hydrogen) atoms. The Labute approximate surface area is 103 Å². The molecule has 96 valence electrons. The zero-order chi connectivity index (χ0) is 12.7. The molecule has 0 saturated heterocycles. The van der Waals surface area contributed by atoms with Crippen molar-refractivity contribution < 1.29 is 9.53 Å². The molecule has 0 saturated carbocycles. The summed E-state index contributed by atoms with van der Waals surface area (Å²) in [7, 11) is 1.42. The molecule has 1 rings (SSSR count). The molecule has 2 N–H and O–H groups in total. The number of carbonyl (C=O) groups excluding carboxylic acids is 1. The normalized spacial score (nSPS) is 11.5. The van der Waals surface area contributed by atoms with Crippen molar-refractivity contribution in [3.63, 3.8) is 0 Å². The average molecular weight is 238 g/mol. The molecule has 0 fully saturated rings. The molecule has 0 amide bonds. The van der Waals surface area contributed by atoms with Crippen LogP contribution in [0.5, 0.6) is 0 Å². The summed E-state index contributed by atoms with van der Waals surface area (Å²) in [5.41, 5.74) is 1.39. The molecule has 4 nitrogen and oxygen atoms in total. The summed E-state index contributed by atoms with van der Waals surface area (Å²) < 4.78 is 4.59. The predicted molar refractivity (Wildman–Crippen MR) is 67.9 cm³/mol. The van der Waals surface area contributed by atoms with Crippen LogP contribution < -0.4 is 5.32 Å². The van der Waals surface area contributed by atoms with Gasteiger partial charge in [-0.3, -0.25) is 4.79 Å². The van der Waals surface area contributed by atoms with Crippen molar-refractivity contribution in [2.75, 3.05) is 20.2 Å². The molecule has 0 bridgehead atoms. The maximum Gasteiger partial charge on any atom is 0.305 e. The highest BCUT2D eigenvalue weighted by atomic mass is 16.5. The van der Waals surface area contributed by atoms with Crippen molar-refractivity contribution in [1.82, 2.24) is 10.3 Å². The molecular formula is C13H22N2O2. The molecule has 0 aliphatic rings. The van der Waals surface area contributed by atoms with Gasteiger partial charge in [-0.2, -0.15) is 0 Å². The third-order valence-corrected chi connectivity index (χ3v) is 2.91. The Morgan fingerprint density at radius 3 is 2.88 bits per heavy atom. The molecule has 0 atom stereocenters. The van der Waals surface area contributed by atoms with E-state index in [9.17, 15) is 4.79 Å². The molecule has 1 heterocycles. The first-order valence-corrected chi connectivity index (χ1v) is 5.97. The second-order valence-corrected chi connectivity index (χ2v) is 4.84. The largest absolute Gasteiger partial charge is 0.469 e. The highest BCUT2D eigenvalue weighted by Gasteiger charge is 2.20. The SMILES string of the molecule is COC(=O)CCCNCC(C)(C)c1cc[nH]c1. The number of aromatic nitrogens is 1. The van der Waals surface area contributed by atoms with Gasteiger partial charge in [0.25, 0.3) is 0 Å². The van der Waals surface area contributed by atoms with Gasteiger partial charge in [0.05, 0.1) is 7.11 Å². The van der Waals surface area contributed by atoms with Gasteiger partial charge in [0, 0.05) is 30.8 Å². The number of H-pyrrole nitrogens is 1. The van der Waals surface area contributed by atoms with E-state index in [1.54, 1.807) is 0 Å². The Morgan fingerprint density at radius 2 is 2.29 bits per heavy atom. The number of rotatable bonds is 7. The van der Waals surface area contributed by atoms with Crippen LogP contribution in [0, 0.1) is 0 Å². The van der Waals surface area contributed by atoms with Gasteiger partial charge < -0.3 is 15.0 Å². The minimum Gasteiger partial charge on any atom is -0.469 e. The summed E-state index contributed by atoms with van der Waals surface area (Å²) >= 11 is 0. The van der Waals surface area contributed by atoms with Crippen molar-refractivity contribution in [2.24, 2.45) is 0 Å². The van der Waals surface area contributed by atoms with Crippen molar-refractivity contribution in [2.45, 2.75) is 32.1 Å². The zero-order valence-electron chi connectivity index (χ0n) is 10.9. The quantitative estimate of drug-likeness (QED) is 0.563. The molecule has 1 aromatic rings. The smallest absolute Gasteiger partial charge is 0.305 e. The van der Waals surface area contributed by atoms with Crippen LogP contribution in [0.1, 0.15) is 32.3 Å². The lowest BCUT2D eigenvalue weighted by Crippen LogP contribution is -2.33. The van der Waals surface area contributed by atoms with Crippen molar-refractivity contribution in [3.8, 4) is 0 Å². The maximum atomic E-state index is 10.9. The molecule has 4 heteroatoms. The molecule has 0 radical (unpaired) electrons. The van der Waals surface area contributed by atoms with Gasteiger partial charge in [0.15, 0.2) is 0 Å². The Morgan fingerprint density at radius 1 is 1.53 bits per heavy atom. The van der Waals surface area contributed by atoms with Gasteiger partial charge in [-0.1, -0.05) is 13.8 Å². The van der Waals surface area contributed by atoms with Crippen LogP contribution in [0.25, 0.3) is 0 Å². The van der Waals surface area contributed by atoms with Gasteiger partial charge >= 0.3 is 5.97 Å². The first kappa shape index (κ1) is 13.8. The van der Waals surface area contributed by atoms with Gasteiger partial charge in [0.1, 0.15) is 0 Å². The second-order valence-electron chi connectivity index (χ2n) is 4.84. The van der Waals surface area contributed by atoms with E-state index in [1.807, 2.05) is 12.4 Å². The highest BCUT2D eigenvalue weighted by molar-refractivity contribution is 5.69. The number of hydrogen-bond acceptors (Lipinski definition) is 3. The Balaban J connectivity index is 2.20. The standard InChI is InChI=1S/C13H22N2O2/c1-13(2,11-6-8-14-9-11)10-15-7-4-5-12(16)17-3/h6,8-9,14-15H,4-5,7,10H2,1-3H3. The molecule has 0 spiro atoms. The fourth-order valence-electron chi connectivity index (χ4n) is 1.71. The monoisotopic (exact) mass is 238 g/mol. The summed E-state index contributed by atoms with van der Waals surface area (Å²) in [4.78, 5) is 14.0. The molecule has 1 aromatic heterocycles. The van der Waals surface area contributed by atoms with Crippen LogP contribution >= 0.6 is 0 Å². The first-order chi connectivity index (χ1) is 8.06. The minimum absolute atomic E-state index is 0.102. The number of hydrogen-bond donors (Lipinski definition) is 2. The zero-order valence-corrected chi connectivity index (χ0v) is 10.9. The number of nitrogens with one attached hydrogen (secondary N) is 2. The number of methoxy groups -OCH3 is 1. The number of ether oxygens (including phenoxy) is 1. The van der Waals surface area contributed by atoms with Gasteiger partial charge in [0.2, 0.25) is 0 Å². The van der Waals surface area contributed by atoms with Crippen LogP contribution in [0.15, 0.2) is 18.5 Å². The van der Waals surface area contributed by atoms with E-state index in [2.05, 4.69) is 35.0 Å². The van der Waals surface area contributed by atoms with Crippen molar-refractivity contribution in [3.05, 3.63) is 24.0 Å². The Hall–Kier alpha value is -1.29. The second kappa shape index (κ2) is 6.45. The number of esters is 1. The summed E-state index contributed by atoms with van der Waals surface area (Å²) in [6.07, 6.45) is 5.26. The lowest BCUT2D eigenvalue weighted by molar-refractivity contribution is -0.140.